The maximum Gasteiger partial charge on any atom is 0.323 e. The highest BCUT2D eigenvalue weighted by Gasteiger charge is 2.25. The number of ketones is 1. The minimum Gasteiger partial charge on any atom is -0.480 e. The van der Waals surface area contributed by atoms with Crippen molar-refractivity contribution in [2.75, 3.05) is 37.0 Å². The van der Waals surface area contributed by atoms with E-state index in [1.165, 1.54) is 0 Å². The molecule has 7 heteroatoms. The van der Waals surface area contributed by atoms with Crippen molar-refractivity contribution in [1.82, 2.24) is 0 Å². The van der Waals surface area contributed by atoms with Crippen LogP contribution in [0.1, 0.15) is 30.9 Å². The molecule has 0 amide bonds. The molecule has 1 aliphatic carbocycles. The highest BCUT2D eigenvalue weighted by Crippen LogP contribution is 2.32. The lowest BCUT2D eigenvalue weighted by molar-refractivity contribution is -0.136. The fourth-order valence-electron chi connectivity index (χ4n) is 4.10. The molecular formula is C27H30N2O5. The van der Waals surface area contributed by atoms with E-state index in [1.807, 2.05) is 60.7 Å². The number of hydrogen-bond acceptors (Lipinski definition) is 5. The van der Waals surface area contributed by atoms with Gasteiger partial charge in [0.25, 0.3) is 0 Å². The zero-order chi connectivity index (χ0) is 24.8. The van der Waals surface area contributed by atoms with E-state index in [0.29, 0.717) is 18.8 Å². The Morgan fingerprint density at radius 3 is 1.47 bits per heavy atom. The Morgan fingerprint density at radius 1 is 0.794 bits per heavy atom. The normalized spacial score (nSPS) is 18.2. The average Bonchev–Trinajstić information content (AvgIpc) is 2.77. The highest BCUT2D eigenvalue weighted by molar-refractivity contribution is 6.14. The number of benzene rings is 2. The Morgan fingerprint density at radius 2 is 1.15 bits per heavy atom. The predicted octanol–water partition coefficient (Wildman–Crippen LogP) is 4.19. The fraction of sp³-hybridized carbons (Fsp3) is 0.296. The molecule has 0 saturated heterocycles. The molecule has 3 rings (SSSR count). The molecule has 0 radical (unpaired) electrons. The number of allylic oxidation sites excluding steroid dienone is 2. The van der Waals surface area contributed by atoms with Gasteiger partial charge in [0.1, 0.15) is 13.1 Å². The summed E-state index contributed by atoms with van der Waals surface area (Å²) in [4.78, 5) is 38.3. The Bertz CT molecular complexity index is 1030. The summed E-state index contributed by atoms with van der Waals surface area (Å²) in [5, 5.41) is 17.9. The minimum atomic E-state index is -0.892. The summed E-state index contributed by atoms with van der Waals surface area (Å²) in [6, 6.07) is 15.0. The van der Waals surface area contributed by atoms with Crippen LogP contribution in [-0.4, -0.2) is 55.1 Å². The summed E-state index contributed by atoms with van der Waals surface area (Å²) in [6.45, 7) is 1.96. The van der Waals surface area contributed by atoms with E-state index >= 15 is 0 Å². The van der Waals surface area contributed by atoms with Gasteiger partial charge in [-0.3, -0.25) is 14.4 Å². The van der Waals surface area contributed by atoms with Gasteiger partial charge in [-0.05, 0) is 66.3 Å². The number of Topliss-reactive ketones (excluding diaryl/α,β-unsaturated/α-hetero) is 1. The number of rotatable bonds is 8. The lowest BCUT2D eigenvalue weighted by atomic mass is 9.81. The number of carboxylic acid groups (broad SMARTS) is 2. The SMILES string of the molecule is CC1C/C(=C\c2ccc(N(C)CC(=O)O)cc2)C(=O)/C(=C/c2ccc(N(C)CC(=O)O)cc2)C1. The number of nitrogens with zero attached hydrogens (tertiary/aromatic N) is 2. The van der Waals surface area contributed by atoms with Crippen LogP contribution >= 0.6 is 0 Å². The molecule has 2 N–H and O–H groups in total. The molecule has 2 aromatic rings. The molecule has 0 atom stereocenters. The molecule has 0 spiro atoms. The first-order valence-electron chi connectivity index (χ1n) is 11.1. The predicted molar refractivity (Wildman–Crippen MR) is 134 cm³/mol. The van der Waals surface area contributed by atoms with Crippen LogP contribution in [0.4, 0.5) is 11.4 Å². The third-order valence-corrected chi connectivity index (χ3v) is 5.81. The molecule has 1 aliphatic rings. The molecule has 0 bridgehead atoms. The third kappa shape index (κ3) is 6.57. The summed E-state index contributed by atoms with van der Waals surface area (Å²) >= 11 is 0. The van der Waals surface area contributed by atoms with Crippen LogP contribution in [0.5, 0.6) is 0 Å². The molecule has 34 heavy (non-hydrogen) atoms. The van der Waals surface area contributed by atoms with Crippen molar-refractivity contribution in [3.05, 3.63) is 70.8 Å². The van der Waals surface area contributed by atoms with E-state index in [4.69, 9.17) is 10.2 Å². The molecule has 7 nitrogen and oxygen atoms in total. The number of carbonyl (C=O) groups is 3. The Balaban J connectivity index is 1.77. The second-order valence-electron chi connectivity index (χ2n) is 8.86. The van der Waals surface area contributed by atoms with Crippen LogP contribution in [-0.2, 0) is 14.4 Å². The zero-order valence-corrected chi connectivity index (χ0v) is 19.7. The molecule has 2 aromatic carbocycles. The van der Waals surface area contributed by atoms with Gasteiger partial charge in [0.05, 0.1) is 0 Å². The van der Waals surface area contributed by atoms with Crippen LogP contribution in [0.2, 0.25) is 0 Å². The molecule has 178 valence electrons. The number of aliphatic carboxylic acids is 2. The number of anilines is 2. The standard InChI is InChI=1S/C27H30N2O5/c1-18-12-21(14-19-4-8-23(9-5-19)28(2)16-25(30)31)27(34)22(13-18)15-20-6-10-24(11-7-20)29(3)17-26(32)33/h4-11,14-15,18H,12-13,16-17H2,1-3H3,(H,30,31)(H,32,33)/b21-14+,22-15+. The quantitative estimate of drug-likeness (QED) is 0.568. The molecule has 0 heterocycles. The van der Waals surface area contributed by atoms with Crippen LogP contribution in [0, 0.1) is 5.92 Å². The van der Waals surface area contributed by atoms with Gasteiger partial charge in [-0.15, -0.1) is 0 Å². The maximum atomic E-state index is 13.2. The fourth-order valence-corrected chi connectivity index (χ4v) is 4.10. The van der Waals surface area contributed by atoms with Gasteiger partial charge < -0.3 is 20.0 Å². The first-order valence-corrected chi connectivity index (χ1v) is 11.1. The van der Waals surface area contributed by atoms with Gasteiger partial charge in [0.2, 0.25) is 0 Å². The lowest BCUT2D eigenvalue weighted by Gasteiger charge is -2.23. The van der Waals surface area contributed by atoms with Gasteiger partial charge in [-0.25, -0.2) is 0 Å². The van der Waals surface area contributed by atoms with E-state index in [1.54, 1.807) is 23.9 Å². The highest BCUT2D eigenvalue weighted by atomic mass is 16.4. The van der Waals surface area contributed by atoms with E-state index in [-0.39, 0.29) is 18.9 Å². The molecule has 1 saturated carbocycles. The van der Waals surface area contributed by atoms with Gasteiger partial charge in [0, 0.05) is 36.6 Å². The van der Waals surface area contributed by atoms with Crippen molar-refractivity contribution in [2.24, 2.45) is 5.92 Å². The monoisotopic (exact) mass is 462 g/mol. The minimum absolute atomic E-state index is 0.0391. The smallest absolute Gasteiger partial charge is 0.323 e. The van der Waals surface area contributed by atoms with Crippen LogP contribution in [0.25, 0.3) is 12.2 Å². The first kappa shape index (κ1) is 24.8. The lowest BCUT2D eigenvalue weighted by Crippen LogP contribution is -2.24. The summed E-state index contributed by atoms with van der Waals surface area (Å²) < 4.78 is 0. The topological polar surface area (TPSA) is 98.2 Å². The Labute approximate surface area is 199 Å². The largest absolute Gasteiger partial charge is 0.480 e. The first-order chi connectivity index (χ1) is 16.1. The summed E-state index contributed by atoms with van der Waals surface area (Å²) in [7, 11) is 3.45. The van der Waals surface area contributed by atoms with Crippen LogP contribution in [0.3, 0.4) is 0 Å². The summed E-state index contributed by atoms with van der Waals surface area (Å²) in [5.74, 6) is -1.41. The molecule has 0 unspecified atom stereocenters. The molecule has 0 aliphatic heterocycles. The van der Waals surface area contributed by atoms with Crippen molar-refractivity contribution in [2.45, 2.75) is 19.8 Å². The number of carbonyl (C=O) groups excluding carboxylic acids is 1. The van der Waals surface area contributed by atoms with Gasteiger partial charge in [-0.2, -0.15) is 0 Å². The molecule has 1 fully saturated rings. The maximum absolute atomic E-state index is 13.2. The van der Waals surface area contributed by atoms with Gasteiger partial charge in [0.15, 0.2) is 5.78 Å². The van der Waals surface area contributed by atoms with Crippen molar-refractivity contribution >= 4 is 41.2 Å². The Hall–Kier alpha value is -3.87. The van der Waals surface area contributed by atoms with Crippen LogP contribution < -0.4 is 9.80 Å². The Kier molecular flexibility index (Phi) is 7.89. The van der Waals surface area contributed by atoms with Gasteiger partial charge in [-0.1, -0.05) is 31.2 Å². The van der Waals surface area contributed by atoms with Crippen molar-refractivity contribution in [1.29, 1.82) is 0 Å². The molecule has 0 aromatic heterocycles. The second kappa shape index (κ2) is 10.8. The van der Waals surface area contributed by atoms with E-state index in [9.17, 15) is 14.4 Å². The van der Waals surface area contributed by atoms with Crippen molar-refractivity contribution in [3.8, 4) is 0 Å². The van der Waals surface area contributed by atoms with Gasteiger partial charge >= 0.3 is 11.9 Å². The zero-order valence-electron chi connectivity index (χ0n) is 19.7. The average molecular weight is 463 g/mol. The summed E-state index contributed by atoms with van der Waals surface area (Å²) in [6.07, 6.45) is 5.24. The molecular weight excluding hydrogens is 432 g/mol. The number of likely N-dealkylation sites (N-methyl/N-ethyl adjacent to an activating group) is 2. The van der Waals surface area contributed by atoms with Crippen molar-refractivity contribution in [3.63, 3.8) is 0 Å². The van der Waals surface area contributed by atoms with E-state index in [2.05, 4.69) is 6.92 Å². The summed E-state index contributed by atoms with van der Waals surface area (Å²) in [5.41, 5.74) is 4.91. The second-order valence-corrected chi connectivity index (χ2v) is 8.86. The number of hydrogen-bond donors (Lipinski definition) is 2. The van der Waals surface area contributed by atoms with Crippen molar-refractivity contribution < 1.29 is 24.6 Å². The van der Waals surface area contributed by atoms with Crippen LogP contribution in [0.15, 0.2) is 59.7 Å². The third-order valence-electron chi connectivity index (χ3n) is 5.81. The number of carboxylic acids is 2. The van der Waals surface area contributed by atoms with E-state index < -0.39 is 11.9 Å². The van der Waals surface area contributed by atoms with E-state index in [0.717, 1.165) is 33.6 Å².